The molecule has 0 bridgehead atoms. The van der Waals surface area contributed by atoms with Gasteiger partial charge in [-0.05, 0) is 41.6 Å². The first-order valence-corrected chi connectivity index (χ1v) is 10.1. The zero-order valence-corrected chi connectivity index (χ0v) is 15.3. The van der Waals surface area contributed by atoms with Gasteiger partial charge in [0.15, 0.2) is 0 Å². The molecule has 1 aliphatic heterocycles. The van der Waals surface area contributed by atoms with Crippen molar-refractivity contribution >= 4 is 32.8 Å². The molecular formula is C16H14F4N2O3S2. The number of rotatable bonds is 4. The number of carbonyl (C=O) groups is 1. The molecule has 5 nitrogen and oxygen atoms in total. The number of amides is 1. The molecule has 11 heteroatoms. The lowest BCUT2D eigenvalue weighted by Crippen LogP contribution is -2.39. The Morgan fingerprint density at radius 3 is 2.70 bits per heavy atom. The van der Waals surface area contributed by atoms with Gasteiger partial charge in [-0.3, -0.25) is 4.79 Å². The molecule has 27 heavy (non-hydrogen) atoms. The second kappa shape index (κ2) is 7.12. The van der Waals surface area contributed by atoms with E-state index in [1.54, 1.807) is 11.3 Å². The number of fused-ring (bicyclic) bond motifs is 1. The third-order valence-corrected chi connectivity index (χ3v) is 6.68. The molecule has 2 aromatic rings. The van der Waals surface area contributed by atoms with Crippen molar-refractivity contribution < 1.29 is 30.8 Å². The van der Waals surface area contributed by atoms with Gasteiger partial charge in [0, 0.05) is 18.0 Å². The van der Waals surface area contributed by atoms with Crippen LogP contribution in [0.5, 0.6) is 0 Å². The van der Waals surface area contributed by atoms with Crippen molar-refractivity contribution in [3.8, 4) is 0 Å². The van der Waals surface area contributed by atoms with Gasteiger partial charge >= 0.3 is 5.51 Å². The first-order valence-electron chi connectivity index (χ1n) is 7.77. The number of thiophene rings is 1. The van der Waals surface area contributed by atoms with Crippen LogP contribution >= 0.6 is 11.3 Å². The smallest absolute Gasteiger partial charge is 0.375 e. The number of benzene rings is 1. The van der Waals surface area contributed by atoms with E-state index in [0.717, 1.165) is 17.7 Å². The molecule has 146 valence electrons. The minimum Gasteiger partial charge on any atom is -0.375 e. The number of halogens is 4. The van der Waals surface area contributed by atoms with E-state index < -0.39 is 44.2 Å². The van der Waals surface area contributed by atoms with Gasteiger partial charge in [0.05, 0.1) is 12.2 Å². The highest BCUT2D eigenvalue weighted by Gasteiger charge is 2.48. The van der Waals surface area contributed by atoms with Crippen LogP contribution in [0.4, 0.5) is 23.2 Å². The van der Waals surface area contributed by atoms with Gasteiger partial charge < -0.3 is 10.2 Å². The standard InChI is InChI=1S/C16H14F4N2O3S2/c17-11-1-2-12(14(7-11)27(24,25)16(18,19)20)21-8-15(23)22-5-3-13-10(9-22)4-6-26-13/h1-2,4,6-7,21H,3,5,8-9H2. The highest BCUT2D eigenvalue weighted by molar-refractivity contribution is 7.92. The third-order valence-electron chi connectivity index (χ3n) is 4.13. The maximum atomic E-state index is 13.3. The molecule has 0 radical (unpaired) electrons. The van der Waals surface area contributed by atoms with Crippen LogP contribution in [-0.2, 0) is 27.6 Å². The molecule has 1 aromatic heterocycles. The molecule has 0 unspecified atom stereocenters. The molecule has 1 amide bonds. The molecule has 0 saturated heterocycles. The number of nitrogens with zero attached hydrogens (tertiary/aromatic N) is 1. The van der Waals surface area contributed by atoms with E-state index in [0.29, 0.717) is 19.5 Å². The summed E-state index contributed by atoms with van der Waals surface area (Å²) in [7, 11) is -5.76. The van der Waals surface area contributed by atoms with Crippen LogP contribution in [0.25, 0.3) is 0 Å². The van der Waals surface area contributed by atoms with Crippen molar-refractivity contribution in [2.24, 2.45) is 0 Å². The van der Waals surface area contributed by atoms with E-state index in [1.165, 1.54) is 9.78 Å². The monoisotopic (exact) mass is 422 g/mol. The number of nitrogens with one attached hydrogen (secondary N) is 1. The molecule has 0 spiro atoms. The highest BCUT2D eigenvalue weighted by Crippen LogP contribution is 2.34. The van der Waals surface area contributed by atoms with Crippen LogP contribution < -0.4 is 5.32 Å². The van der Waals surface area contributed by atoms with Crippen LogP contribution in [0, 0.1) is 5.82 Å². The van der Waals surface area contributed by atoms with Crippen molar-refractivity contribution in [3.63, 3.8) is 0 Å². The minimum atomic E-state index is -5.76. The van der Waals surface area contributed by atoms with Gasteiger partial charge in [-0.2, -0.15) is 13.2 Å². The van der Waals surface area contributed by atoms with Gasteiger partial charge in [0.2, 0.25) is 5.91 Å². The molecular weight excluding hydrogens is 408 g/mol. The Balaban J connectivity index is 1.76. The lowest BCUT2D eigenvalue weighted by atomic mass is 10.1. The Labute approximate surface area is 156 Å². The lowest BCUT2D eigenvalue weighted by molar-refractivity contribution is -0.130. The van der Waals surface area contributed by atoms with E-state index in [9.17, 15) is 30.8 Å². The van der Waals surface area contributed by atoms with E-state index in [-0.39, 0.29) is 6.07 Å². The Morgan fingerprint density at radius 1 is 1.26 bits per heavy atom. The molecule has 1 aliphatic rings. The summed E-state index contributed by atoms with van der Waals surface area (Å²) in [6.07, 6.45) is 0.684. The van der Waals surface area contributed by atoms with Gasteiger partial charge in [0.25, 0.3) is 9.84 Å². The normalized spacial score (nSPS) is 14.7. The second-order valence-corrected chi connectivity index (χ2v) is 8.79. The van der Waals surface area contributed by atoms with Crippen molar-refractivity contribution in [3.05, 3.63) is 45.9 Å². The Bertz CT molecular complexity index is 970. The largest absolute Gasteiger partial charge is 0.501 e. The van der Waals surface area contributed by atoms with Gasteiger partial charge in [-0.25, -0.2) is 12.8 Å². The number of carbonyl (C=O) groups excluding carboxylic acids is 1. The molecule has 0 fully saturated rings. The summed E-state index contributed by atoms with van der Waals surface area (Å²) in [5, 5.41) is 4.32. The molecule has 0 atom stereocenters. The quantitative estimate of drug-likeness (QED) is 0.769. The molecule has 2 heterocycles. The van der Waals surface area contributed by atoms with Crippen molar-refractivity contribution in [1.29, 1.82) is 0 Å². The molecule has 1 N–H and O–H groups in total. The van der Waals surface area contributed by atoms with Crippen LogP contribution in [0.3, 0.4) is 0 Å². The van der Waals surface area contributed by atoms with Gasteiger partial charge in [0.1, 0.15) is 10.7 Å². The van der Waals surface area contributed by atoms with E-state index in [4.69, 9.17) is 0 Å². The summed E-state index contributed by atoms with van der Waals surface area (Å²) in [5.41, 5.74) is -5.04. The second-order valence-electron chi connectivity index (χ2n) is 5.88. The average molecular weight is 422 g/mol. The Morgan fingerprint density at radius 2 is 2.00 bits per heavy atom. The molecule has 0 aliphatic carbocycles. The fourth-order valence-electron chi connectivity index (χ4n) is 2.73. The number of hydrogen-bond donors (Lipinski definition) is 1. The fourth-order valence-corrected chi connectivity index (χ4v) is 4.57. The number of hydrogen-bond acceptors (Lipinski definition) is 5. The number of sulfone groups is 1. The maximum Gasteiger partial charge on any atom is 0.501 e. The van der Waals surface area contributed by atoms with Crippen LogP contribution in [0.1, 0.15) is 10.4 Å². The summed E-state index contributed by atoms with van der Waals surface area (Å²) in [4.78, 5) is 13.8. The SMILES string of the molecule is O=C(CNc1ccc(F)cc1S(=O)(=O)C(F)(F)F)N1CCc2sccc2C1. The fraction of sp³-hybridized carbons (Fsp3) is 0.312. The first kappa shape index (κ1) is 19.6. The number of alkyl halides is 3. The van der Waals surface area contributed by atoms with Crippen LogP contribution in [0.2, 0.25) is 0 Å². The maximum absolute atomic E-state index is 13.3. The molecule has 0 saturated carbocycles. The lowest BCUT2D eigenvalue weighted by Gasteiger charge is -2.27. The summed E-state index contributed by atoms with van der Waals surface area (Å²) in [6, 6.07) is 3.88. The molecule has 1 aromatic carbocycles. The Hall–Kier alpha value is -2.14. The summed E-state index contributed by atoms with van der Waals surface area (Å²) < 4.78 is 75.1. The predicted molar refractivity (Wildman–Crippen MR) is 91.6 cm³/mol. The summed E-state index contributed by atoms with van der Waals surface area (Å²) in [6.45, 7) is 0.438. The van der Waals surface area contributed by atoms with Crippen molar-refractivity contribution in [2.75, 3.05) is 18.4 Å². The van der Waals surface area contributed by atoms with E-state index >= 15 is 0 Å². The average Bonchev–Trinajstić information content (AvgIpc) is 3.07. The van der Waals surface area contributed by atoms with Gasteiger partial charge in [-0.15, -0.1) is 11.3 Å². The van der Waals surface area contributed by atoms with Crippen molar-refractivity contribution in [1.82, 2.24) is 4.90 Å². The summed E-state index contributed by atoms with van der Waals surface area (Å²) >= 11 is 1.60. The minimum absolute atomic E-state index is 0.286. The first-order chi connectivity index (χ1) is 12.6. The Kier molecular flexibility index (Phi) is 5.17. The summed E-state index contributed by atoms with van der Waals surface area (Å²) in [5.74, 6) is -1.53. The highest BCUT2D eigenvalue weighted by atomic mass is 32.2. The van der Waals surface area contributed by atoms with Gasteiger partial charge in [-0.1, -0.05) is 0 Å². The third kappa shape index (κ3) is 3.93. The predicted octanol–water partition coefficient (Wildman–Crippen LogP) is 3.18. The zero-order valence-electron chi connectivity index (χ0n) is 13.7. The zero-order chi connectivity index (χ0) is 19.8. The van der Waals surface area contributed by atoms with Crippen LogP contribution in [-0.4, -0.2) is 37.8 Å². The molecule has 3 rings (SSSR count). The van der Waals surface area contributed by atoms with E-state index in [1.807, 2.05) is 11.4 Å². The topological polar surface area (TPSA) is 66.5 Å². The number of anilines is 1. The van der Waals surface area contributed by atoms with Crippen LogP contribution in [0.15, 0.2) is 34.5 Å². The van der Waals surface area contributed by atoms with Crippen molar-refractivity contribution in [2.45, 2.75) is 23.4 Å². The van der Waals surface area contributed by atoms with E-state index in [2.05, 4.69) is 5.32 Å².